The van der Waals surface area contributed by atoms with Crippen LogP contribution in [0.4, 0.5) is 5.69 Å². The van der Waals surface area contributed by atoms with Gasteiger partial charge in [-0.15, -0.1) is 0 Å². The molecule has 7 heteroatoms. The normalized spacial score (nSPS) is 11.2. The third kappa shape index (κ3) is 5.03. The van der Waals surface area contributed by atoms with Gasteiger partial charge in [0.05, 0.1) is 11.7 Å². The van der Waals surface area contributed by atoms with Gasteiger partial charge in [0, 0.05) is 54.0 Å². The van der Waals surface area contributed by atoms with Crippen LogP contribution >= 0.6 is 0 Å². The second kappa shape index (κ2) is 9.56. The number of nitrogens with one attached hydrogen (secondary N) is 1. The van der Waals surface area contributed by atoms with E-state index >= 15 is 0 Å². The van der Waals surface area contributed by atoms with Gasteiger partial charge in [0.15, 0.2) is 6.61 Å². The minimum absolute atomic E-state index is 0.108. The number of nitrogens with zero attached hydrogens (tertiary/aromatic N) is 4. The SMILES string of the molecule is Cc1cc(/C=N/NC(=O)COc2ccc(N(C)C)cc2)c(C)n1-c1ccc2ncccc2c1. The Labute approximate surface area is 193 Å². The van der Waals surface area contributed by atoms with Crippen molar-refractivity contribution in [2.75, 3.05) is 25.6 Å². The molecule has 0 bridgehead atoms. The summed E-state index contributed by atoms with van der Waals surface area (Å²) in [5, 5.41) is 5.20. The van der Waals surface area contributed by atoms with Gasteiger partial charge in [-0.05, 0) is 68.4 Å². The quantitative estimate of drug-likeness (QED) is 0.344. The fourth-order valence-corrected chi connectivity index (χ4v) is 3.71. The van der Waals surface area contributed by atoms with Gasteiger partial charge < -0.3 is 14.2 Å². The van der Waals surface area contributed by atoms with Crippen molar-refractivity contribution in [3.8, 4) is 11.4 Å². The maximum Gasteiger partial charge on any atom is 0.277 e. The van der Waals surface area contributed by atoms with Gasteiger partial charge in [0.25, 0.3) is 5.91 Å². The molecule has 7 nitrogen and oxygen atoms in total. The van der Waals surface area contributed by atoms with Crippen LogP contribution in [0.2, 0.25) is 0 Å². The molecule has 0 saturated heterocycles. The van der Waals surface area contributed by atoms with Crippen LogP contribution in [-0.2, 0) is 4.79 Å². The number of carbonyl (C=O) groups is 1. The monoisotopic (exact) mass is 441 g/mol. The summed E-state index contributed by atoms with van der Waals surface area (Å²) in [5.41, 5.74) is 8.66. The molecule has 1 N–H and O–H groups in total. The number of benzene rings is 2. The van der Waals surface area contributed by atoms with E-state index in [1.807, 2.05) is 75.3 Å². The van der Waals surface area contributed by atoms with E-state index < -0.39 is 0 Å². The second-order valence-electron chi connectivity index (χ2n) is 8.01. The molecule has 0 aliphatic carbocycles. The first-order chi connectivity index (χ1) is 15.9. The number of amides is 1. The van der Waals surface area contributed by atoms with Gasteiger partial charge in [0.1, 0.15) is 5.75 Å². The highest BCUT2D eigenvalue weighted by Crippen LogP contribution is 2.23. The summed E-state index contributed by atoms with van der Waals surface area (Å²) in [6, 6.07) is 19.8. The predicted octanol–water partition coefficient (Wildman–Crippen LogP) is 4.24. The molecular weight excluding hydrogens is 414 g/mol. The highest BCUT2D eigenvalue weighted by atomic mass is 16.5. The average molecular weight is 442 g/mol. The van der Waals surface area contributed by atoms with Crippen molar-refractivity contribution in [2.45, 2.75) is 13.8 Å². The fourth-order valence-electron chi connectivity index (χ4n) is 3.71. The highest BCUT2D eigenvalue weighted by molar-refractivity contribution is 5.85. The minimum atomic E-state index is -0.321. The first kappa shape index (κ1) is 22.1. The van der Waals surface area contributed by atoms with E-state index in [2.05, 4.69) is 38.3 Å². The van der Waals surface area contributed by atoms with Crippen molar-refractivity contribution < 1.29 is 9.53 Å². The zero-order valence-corrected chi connectivity index (χ0v) is 19.2. The van der Waals surface area contributed by atoms with E-state index in [1.54, 1.807) is 12.4 Å². The van der Waals surface area contributed by atoms with Crippen LogP contribution in [-0.4, -0.2) is 42.4 Å². The molecule has 168 valence electrons. The Morgan fingerprint density at radius 1 is 1.12 bits per heavy atom. The fraction of sp³-hybridized carbons (Fsp3) is 0.192. The summed E-state index contributed by atoms with van der Waals surface area (Å²) in [6.07, 6.45) is 3.45. The first-order valence-electron chi connectivity index (χ1n) is 10.7. The van der Waals surface area contributed by atoms with Crippen LogP contribution in [0.3, 0.4) is 0 Å². The summed E-state index contributed by atoms with van der Waals surface area (Å²) in [7, 11) is 3.94. The number of rotatable bonds is 7. The maximum absolute atomic E-state index is 12.1. The van der Waals surface area contributed by atoms with E-state index in [9.17, 15) is 4.79 Å². The molecule has 2 aromatic heterocycles. The molecule has 4 aromatic rings. The molecule has 0 fully saturated rings. The van der Waals surface area contributed by atoms with E-state index in [4.69, 9.17) is 4.74 Å². The molecule has 2 heterocycles. The number of hydrogen-bond acceptors (Lipinski definition) is 5. The van der Waals surface area contributed by atoms with Gasteiger partial charge in [-0.3, -0.25) is 9.78 Å². The number of hydrazone groups is 1. The topological polar surface area (TPSA) is 71.8 Å². The highest BCUT2D eigenvalue weighted by Gasteiger charge is 2.10. The zero-order chi connectivity index (χ0) is 23.4. The molecule has 4 rings (SSSR count). The van der Waals surface area contributed by atoms with Crippen LogP contribution in [0.5, 0.6) is 5.75 Å². The van der Waals surface area contributed by atoms with E-state index in [-0.39, 0.29) is 12.5 Å². The van der Waals surface area contributed by atoms with Gasteiger partial charge in [-0.25, -0.2) is 5.43 Å². The molecule has 0 radical (unpaired) electrons. The van der Waals surface area contributed by atoms with Gasteiger partial charge in [0.2, 0.25) is 0 Å². The second-order valence-corrected chi connectivity index (χ2v) is 8.01. The molecule has 0 aliphatic heterocycles. The molecule has 1 amide bonds. The molecule has 0 atom stereocenters. The number of hydrogen-bond donors (Lipinski definition) is 1. The van der Waals surface area contributed by atoms with Crippen molar-refractivity contribution in [1.82, 2.24) is 15.0 Å². The van der Waals surface area contributed by atoms with Crippen molar-refractivity contribution in [3.05, 3.63) is 83.8 Å². The Kier molecular flexibility index (Phi) is 6.40. The van der Waals surface area contributed by atoms with Crippen molar-refractivity contribution in [3.63, 3.8) is 0 Å². The Morgan fingerprint density at radius 2 is 1.91 bits per heavy atom. The Balaban J connectivity index is 1.39. The lowest BCUT2D eigenvalue weighted by molar-refractivity contribution is -0.123. The molecule has 2 aromatic carbocycles. The molecule has 0 aliphatic rings. The lowest BCUT2D eigenvalue weighted by Crippen LogP contribution is -2.24. The molecule has 33 heavy (non-hydrogen) atoms. The Morgan fingerprint density at radius 3 is 2.67 bits per heavy atom. The maximum atomic E-state index is 12.1. The predicted molar refractivity (Wildman–Crippen MR) is 133 cm³/mol. The third-order valence-electron chi connectivity index (χ3n) is 5.43. The standard InChI is InChI=1S/C26H27N5O2/c1-18-14-21(19(2)31(18)23-9-12-25-20(15-23)6-5-13-27-25)16-28-29-26(32)17-33-24-10-7-22(8-11-24)30(3)4/h5-16H,17H2,1-4H3,(H,29,32)/b28-16+. The molecule has 0 spiro atoms. The van der Waals surface area contributed by atoms with Gasteiger partial charge in [-0.1, -0.05) is 6.07 Å². The summed E-state index contributed by atoms with van der Waals surface area (Å²) < 4.78 is 7.69. The van der Waals surface area contributed by atoms with Crippen LogP contribution in [0.25, 0.3) is 16.6 Å². The molecule has 0 unspecified atom stereocenters. The summed E-state index contributed by atoms with van der Waals surface area (Å²) >= 11 is 0. The van der Waals surface area contributed by atoms with Crippen molar-refractivity contribution in [2.24, 2.45) is 5.10 Å². The lowest BCUT2D eigenvalue weighted by atomic mass is 10.2. The van der Waals surface area contributed by atoms with E-state index in [0.29, 0.717) is 5.75 Å². The number of aromatic nitrogens is 2. The van der Waals surface area contributed by atoms with Crippen LogP contribution in [0.15, 0.2) is 72.0 Å². The average Bonchev–Trinajstić information content (AvgIpc) is 3.10. The molecular formula is C26H27N5O2. The third-order valence-corrected chi connectivity index (χ3v) is 5.43. The Bertz CT molecular complexity index is 1310. The van der Waals surface area contributed by atoms with Crippen LogP contribution < -0.4 is 15.1 Å². The number of aryl methyl sites for hydroxylation is 1. The number of anilines is 1. The van der Waals surface area contributed by atoms with Gasteiger partial charge >= 0.3 is 0 Å². The lowest BCUT2D eigenvalue weighted by Gasteiger charge is -2.12. The largest absolute Gasteiger partial charge is 0.484 e. The Hall–Kier alpha value is -4.13. The summed E-state index contributed by atoms with van der Waals surface area (Å²) in [4.78, 5) is 18.5. The zero-order valence-electron chi connectivity index (χ0n) is 19.2. The number of pyridine rings is 1. The smallest absolute Gasteiger partial charge is 0.277 e. The molecule has 0 saturated carbocycles. The van der Waals surface area contributed by atoms with E-state index in [1.165, 1.54) is 0 Å². The number of ether oxygens (including phenoxy) is 1. The van der Waals surface area contributed by atoms with E-state index in [0.717, 1.165) is 39.2 Å². The minimum Gasteiger partial charge on any atom is -0.484 e. The van der Waals surface area contributed by atoms with Crippen LogP contribution in [0.1, 0.15) is 17.0 Å². The summed E-state index contributed by atoms with van der Waals surface area (Å²) in [5.74, 6) is 0.313. The summed E-state index contributed by atoms with van der Waals surface area (Å²) in [6.45, 7) is 3.97. The van der Waals surface area contributed by atoms with Crippen LogP contribution in [0, 0.1) is 13.8 Å². The van der Waals surface area contributed by atoms with Gasteiger partial charge in [-0.2, -0.15) is 5.10 Å². The van der Waals surface area contributed by atoms with Crippen molar-refractivity contribution in [1.29, 1.82) is 0 Å². The van der Waals surface area contributed by atoms with Crippen molar-refractivity contribution >= 4 is 28.7 Å². The first-order valence-corrected chi connectivity index (χ1v) is 10.7. The number of carbonyl (C=O) groups excluding carboxylic acids is 1. The number of fused-ring (bicyclic) bond motifs is 1.